The van der Waals surface area contributed by atoms with Gasteiger partial charge in [0, 0.05) is 41.7 Å². The number of thiophene rings is 1. The third kappa shape index (κ3) is 4.37. The highest BCUT2D eigenvalue weighted by molar-refractivity contribution is 7.14. The SMILES string of the molecule is COc1cc(NC(=O)NCc2cc3c(s2)C(=O)N(C2CCC(=O)NC2=O)C3)cc(OC)c1. The lowest BCUT2D eigenvalue weighted by atomic mass is 10.0. The molecule has 1 aromatic heterocycles. The number of piperidine rings is 1. The predicted molar refractivity (Wildman–Crippen MR) is 116 cm³/mol. The summed E-state index contributed by atoms with van der Waals surface area (Å²) in [6.07, 6.45) is 0.548. The first-order valence-electron chi connectivity index (χ1n) is 9.92. The molecule has 1 fully saturated rings. The van der Waals surface area contributed by atoms with Gasteiger partial charge in [0.1, 0.15) is 17.5 Å². The third-order valence-corrected chi connectivity index (χ3v) is 6.44. The normalized spacial score (nSPS) is 17.6. The van der Waals surface area contributed by atoms with Gasteiger partial charge in [0.2, 0.25) is 11.8 Å². The molecule has 0 bridgehead atoms. The van der Waals surface area contributed by atoms with E-state index in [1.807, 2.05) is 6.07 Å². The number of urea groups is 1. The van der Waals surface area contributed by atoms with Crippen LogP contribution in [0.5, 0.6) is 11.5 Å². The number of anilines is 1. The Kier molecular flexibility index (Phi) is 5.99. The van der Waals surface area contributed by atoms with E-state index in [2.05, 4.69) is 16.0 Å². The molecule has 10 nitrogen and oxygen atoms in total. The van der Waals surface area contributed by atoms with Crippen molar-refractivity contribution in [1.29, 1.82) is 0 Å². The van der Waals surface area contributed by atoms with Crippen LogP contribution in [0.25, 0.3) is 0 Å². The quantitative estimate of drug-likeness (QED) is 0.567. The third-order valence-electron chi connectivity index (χ3n) is 5.27. The van der Waals surface area contributed by atoms with Crippen molar-refractivity contribution in [1.82, 2.24) is 15.5 Å². The van der Waals surface area contributed by atoms with E-state index in [9.17, 15) is 19.2 Å². The summed E-state index contributed by atoms with van der Waals surface area (Å²) in [6.45, 7) is 0.559. The van der Waals surface area contributed by atoms with Crippen LogP contribution in [-0.4, -0.2) is 48.9 Å². The van der Waals surface area contributed by atoms with E-state index in [1.54, 1.807) is 18.2 Å². The van der Waals surface area contributed by atoms with Gasteiger partial charge in [-0.25, -0.2) is 4.79 Å². The molecule has 168 valence electrons. The Morgan fingerprint density at radius 2 is 1.88 bits per heavy atom. The summed E-state index contributed by atoms with van der Waals surface area (Å²) in [5.41, 5.74) is 1.34. The monoisotopic (exact) mass is 458 g/mol. The molecule has 1 aromatic carbocycles. The van der Waals surface area contributed by atoms with Crippen molar-refractivity contribution in [2.24, 2.45) is 0 Å². The molecule has 4 rings (SSSR count). The van der Waals surface area contributed by atoms with Crippen molar-refractivity contribution in [2.75, 3.05) is 19.5 Å². The maximum absolute atomic E-state index is 12.8. The topological polar surface area (TPSA) is 126 Å². The Labute approximate surface area is 187 Å². The fourth-order valence-corrected chi connectivity index (χ4v) is 4.78. The van der Waals surface area contributed by atoms with Gasteiger partial charge < -0.3 is 25.0 Å². The first-order chi connectivity index (χ1) is 15.4. The highest BCUT2D eigenvalue weighted by Gasteiger charge is 2.40. The lowest BCUT2D eigenvalue weighted by molar-refractivity contribution is -0.136. The molecule has 2 aliphatic rings. The van der Waals surface area contributed by atoms with Crippen molar-refractivity contribution in [3.8, 4) is 11.5 Å². The molecule has 32 heavy (non-hydrogen) atoms. The summed E-state index contributed by atoms with van der Waals surface area (Å²) in [5, 5.41) is 7.78. The fraction of sp³-hybridized carbons (Fsp3) is 0.333. The summed E-state index contributed by atoms with van der Waals surface area (Å²) in [7, 11) is 3.05. The number of rotatable bonds is 6. The molecule has 0 saturated carbocycles. The van der Waals surface area contributed by atoms with Gasteiger partial charge in [-0.15, -0.1) is 11.3 Å². The molecule has 0 radical (unpaired) electrons. The van der Waals surface area contributed by atoms with E-state index in [-0.39, 0.29) is 24.8 Å². The Balaban J connectivity index is 1.35. The van der Waals surface area contributed by atoms with E-state index < -0.39 is 18.0 Å². The average Bonchev–Trinajstić information content (AvgIpc) is 3.30. The number of carbonyl (C=O) groups is 4. The number of fused-ring (bicyclic) bond motifs is 1. The van der Waals surface area contributed by atoms with Crippen molar-refractivity contribution in [3.05, 3.63) is 39.6 Å². The molecule has 1 saturated heterocycles. The van der Waals surface area contributed by atoms with Crippen LogP contribution in [-0.2, 0) is 22.7 Å². The summed E-state index contributed by atoms with van der Waals surface area (Å²) in [5.74, 6) is 0.129. The Hall–Kier alpha value is -3.60. The maximum atomic E-state index is 12.8. The van der Waals surface area contributed by atoms with Crippen LogP contribution < -0.4 is 25.4 Å². The number of ether oxygens (including phenoxy) is 2. The minimum Gasteiger partial charge on any atom is -0.497 e. The second-order valence-corrected chi connectivity index (χ2v) is 8.51. The number of methoxy groups -OCH3 is 2. The molecule has 3 heterocycles. The van der Waals surface area contributed by atoms with E-state index >= 15 is 0 Å². The van der Waals surface area contributed by atoms with E-state index in [0.717, 1.165) is 10.4 Å². The first-order valence-corrected chi connectivity index (χ1v) is 10.7. The van der Waals surface area contributed by atoms with Crippen LogP contribution in [0.4, 0.5) is 10.5 Å². The number of benzene rings is 1. The molecule has 1 atom stereocenters. The summed E-state index contributed by atoms with van der Waals surface area (Å²) >= 11 is 1.29. The van der Waals surface area contributed by atoms with Gasteiger partial charge in [-0.1, -0.05) is 0 Å². The van der Waals surface area contributed by atoms with Gasteiger partial charge in [0.05, 0.1) is 25.6 Å². The molecule has 2 aromatic rings. The van der Waals surface area contributed by atoms with Crippen molar-refractivity contribution in [2.45, 2.75) is 32.0 Å². The molecule has 5 amide bonds. The van der Waals surface area contributed by atoms with Gasteiger partial charge in [-0.2, -0.15) is 0 Å². The van der Waals surface area contributed by atoms with E-state index in [0.29, 0.717) is 35.0 Å². The van der Waals surface area contributed by atoms with Crippen LogP contribution in [0.1, 0.15) is 33.0 Å². The van der Waals surface area contributed by atoms with Gasteiger partial charge in [-0.3, -0.25) is 19.7 Å². The van der Waals surface area contributed by atoms with Crippen LogP contribution >= 0.6 is 11.3 Å². The van der Waals surface area contributed by atoms with E-state index in [4.69, 9.17) is 9.47 Å². The van der Waals surface area contributed by atoms with Crippen LogP contribution in [0.2, 0.25) is 0 Å². The zero-order valence-electron chi connectivity index (χ0n) is 17.5. The van der Waals surface area contributed by atoms with Gasteiger partial charge in [0.25, 0.3) is 5.91 Å². The Morgan fingerprint density at radius 1 is 1.16 bits per heavy atom. The van der Waals surface area contributed by atoms with Crippen molar-refractivity contribution >= 4 is 40.8 Å². The number of imide groups is 1. The van der Waals surface area contributed by atoms with Crippen molar-refractivity contribution in [3.63, 3.8) is 0 Å². The second kappa shape index (κ2) is 8.87. The number of nitrogens with one attached hydrogen (secondary N) is 3. The standard InChI is InChI=1S/C21H22N4O6S/c1-30-13-6-12(7-14(8-13)31-2)23-21(29)22-9-15-5-11-10-25(20(28)18(11)32-15)16-3-4-17(26)24-19(16)27/h5-8,16H,3-4,9-10H2,1-2H3,(H2,22,23,29)(H,24,26,27). The lowest BCUT2D eigenvalue weighted by Gasteiger charge is -2.29. The van der Waals surface area contributed by atoms with E-state index in [1.165, 1.54) is 30.5 Å². The van der Waals surface area contributed by atoms with Gasteiger partial charge >= 0.3 is 6.03 Å². The molecule has 1 unspecified atom stereocenters. The maximum Gasteiger partial charge on any atom is 0.319 e. The number of nitrogens with zero attached hydrogens (tertiary/aromatic N) is 1. The molecular weight excluding hydrogens is 436 g/mol. The van der Waals surface area contributed by atoms with Crippen LogP contribution in [0, 0.1) is 0 Å². The second-order valence-electron chi connectivity index (χ2n) is 7.38. The molecule has 0 spiro atoms. The summed E-state index contributed by atoms with van der Waals surface area (Å²) in [4.78, 5) is 51.4. The number of hydrogen-bond acceptors (Lipinski definition) is 7. The molecule has 3 N–H and O–H groups in total. The number of carbonyl (C=O) groups excluding carboxylic acids is 4. The minimum atomic E-state index is -0.632. The number of amides is 5. The summed E-state index contributed by atoms with van der Waals surface area (Å²) in [6, 6.07) is 5.86. The molecule has 0 aliphatic carbocycles. The lowest BCUT2D eigenvalue weighted by Crippen LogP contribution is -2.52. The zero-order valence-corrected chi connectivity index (χ0v) is 18.3. The largest absolute Gasteiger partial charge is 0.497 e. The summed E-state index contributed by atoms with van der Waals surface area (Å²) < 4.78 is 10.4. The van der Waals surface area contributed by atoms with Crippen molar-refractivity contribution < 1.29 is 28.7 Å². The van der Waals surface area contributed by atoms with Crippen LogP contribution in [0.15, 0.2) is 24.3 Å². The minimum absolute atomic E-state index is 0.220. The highest BCUT2D eigenvalue weighted by atomic mass is 32.1. The van der Waals surface area contributed by atoms with Gasteiger partial charge in [-0.05, 0) is 18.1 Å². The number of hydrogen-bond donors (Lipinski definition) is 3. The smallest absolute Gasteiger partial charge is 0.319 e. The molecule has 11 heteroatoms. The first kappa shape index (κ1) is 21.6. The highest BCUT2D eigenvalue weighted by Crippen LogP contribution is 2.33. The Bertz CT molecular complexity index is 1080. The fourth-order valence-electron chi connectivity index (χ4n) is 3.71. The molecule has 2 aliphatic heterocycles. The van der Waals surface area contributed by atoms with Gasteiger partial charge in [0.15, 0.2) is 0 Å². The van der Waals surface area contributed by atoms with Crippen LogP contribution in [0.3, 0.4) is 0 Å². The average molecular weight is 458 g/mol. The predicted octanol–water partition coefficient (Wildman–Crippen LogP) is 1.85. The zero-order chi connectivity index (χ0) is 22.8. The molecular formula is C21H22N4O6S. The Morgan fingerprint density at radius 3 is 2.50 bits per heavy atom.